The molecule has 0 bridgehead atoms. The molecule has 0 aliphatic carbocycles. The highest BCUT2D eigenvalue weighted by Crippen LogP contribution is 2.28. The minimum atomic E-state index is -0.230. The molecule has 0 radical (unpaired) electrons. The number of amides is 2. The van der Waals surface area contributed by atoms with Crippen LogP contribution in [0.2, 0.25) is 0 Å². The molecule has 1 saturated heterocycles. The number of nitrogens with one attached hydrogen (secondary N) is 3. The van der Waals surface area contributed by atoms with Crippen molar-refractivity contribution in [2.24, 2.45) is 0 Å². The molecule has 1 aliphatic heterocycles. The van der Waals surface area contributed by atoms with Crippen LogP contribution in [0, 0.1) is 20.8 Å². The van der Waals surface area contributed by atoms with Gasteiger partial charge in [-0.2, -0.15) is 0 Å². The Hall–Kier alpha value is -3.02. The van der Waals surface area contributed by atoms with Crippen LogP contribution in [0.4, 0.5) is 17.1 Å². The van der Waals surface area contributed by atoms with Crippen LogP contribution in [0.5, 0.6) is 0 Å². The fraction of sp³-hybridized carbons (Fsp3) is 0.417. The van der Waals surface area contributed by atoms with Gasteiger partial charge in [-0.1, -0.05) is 29.8 Å². The van der Waals surface area contributed by atoms with Crippen LogP contribution in [-0.4, -0.2) is 38.0 Å². The van der Waals surface area contributed by atoms with Crippen LogP contribution in [0.15, 0.2) is 36.4 Å². The maximum absolute atomic E-state index is 12.3. The molecule has 2 aromatic carbocycles. The highest BCUT2D eigenvalue weighted by Gasteiger charge is 2.15. The second-order valence-electron chi connectivity index (χ2n) is 8.02. The molecule has 1 heterocycles. The summed E-state index contributed by atoms with van der Waals surface area (Å²) in [6.45, 7) is 8.13. The SMILES string of the molecule is Cc1cc(C)c(NC(=O)CNC(=O)CNc2ccccc2N2CCCCC2)c(C)c1. The summed E-state index contributed by atoms with van der Waals surface area (Å²) < 4.78 is 0. The second kappa shape index (κ2) is 10.1. The average Bonchev–Trinajstić information content (AvgIpc) is 2.74. The smallest absolute Gasteiger partial charge is 0.243 e. The highest BCUT2D eigenvalue weighted by atomic mass is 16.2. The lowest BCUT2D eigenvalue weighted by atomic mass is 10.1. The van der Waals surface area contributed by atoms with Crippen molar-refractivity contribution >= 4 is 28.9 Å². The van der Waals surface area contributed by atoms with Crippen LogP contribution in [-0.2, 0) is 9.59 Å². The topological polar surface area (TPSA) is 73.5 Å². The van der Waals surface area contributed by atoms with E-state index in [1.54, 1.807) is 0 Å². The molecule has 2 amide bonds. The first-order valence-electron chi connectivity index (χ1n) is 10.7. The van der Waals surface area contributed by atoms with E-state index in [0.29, 0.717) is 0 Å². The molecule has 0 atom stereocenters. The van der Waals surface area contributed by atoms with Crippen molar-refractivity contribution < 1.29 is 9.59 Å². The Morgan fingerprint density at radius 1 is 0.900 bits per heavy atom. The first-order valence-corrected chi connectivity index (χ1v) is 10.7. The van der Waals surface area contributed by atoms with E-state index in [-0.39, 0.29) is 24.9 Å². The van der Waals surface area contributed by atoms with Gasteiger partial charge in [-0.25, -0.2) is 0 Å². The van der Waals surface area contributed by atoms with E-state index in [9.17, 15) is 9.59 Å². The minimum absolute atomic E-state index is 0.0545. The maximum atomic E-state index is 12.3. The molecule has 3 N–H and O–H groups in total. The van der Waals surface area contributed by atoms with Gasteiger partial charge in [0.05, 0.1) is 24.5 Å². The van der Waals surface area contributed by atoms with E-state index in [2.05, 4.69) is 26.9 Å². The van der Waals surface area contributed by atoms with Gasteiger partial charge in [0.1, 0.15) is 0 Å². The summed E-state index contributed by atoms with van der Waals surface area (Å²) in [5.41, 5.74) is 6.09. The van der Waals surface area contributed by atoms with Crippen molar-refractivity contribution in [2.75, 3.05) is 41.7 Å². The highest BCUT2D eigenvalue weighted by molar-refractivity contribution is 5.96. The number of piperidine rings is 1. The maximum Gasteiger partial charge on any atom is 0.243 e. The normalized spacial score (nSPS) is 13.6. The molecular weight excluding hydrogens is 376 g/mol. The van der Waals surface area contributed by atoms with Gasteiger partial charge in [0, 0.05) is 18.8 Å². The number of hydrogen-bond acceptors (Lipinski definition) is 4. The number of rotatable bonds is 7. The van der Waals surface area contributed by atoms with E-state index in [1.165, 1.54) is 19.3 Å². The quantitative estimate of drug-likeness (QED) is 0.652. The van der Waals surface area contributed by atoms with Crippen LogP contribution < -0.4 is 20.9 Å². The fourth-order valence-corrected chi connectivity index (χ4v) is 4.01. The van der Waals surface area contributed by atoms with Crippen LogP contribution >= 0.6 is 0 Å². The van der Waals surface area contributed by atoms with Gasteiger partial charge >= 0.3 is 0 Å². The third-order valence-corrected chi connectivity index (χ3v) is 5.43. The van der Waals surface area contributed by atoms with Gasteiger partial charge in [0.15, 0.2) is 0 Å². The van der Waals surface area contributed by atoms with E-state index in [1.807, 2.05) is 51.1 Å². The standard InChI is InChI=1S/C24H32N4O2/c1-17-13-18(2)24(19(3)14-17)27-23(30)16-26-22(29)15-25-20-9-5-6-10-21(20)28-11-7-4-8-12-28/h5-6,9-10,13-14,25H,4,7-8,11-12,15-16H2,1-3H3,(H,26,29)(H,27,30). The van der Waals surface area contributed by atoms with Gasteiger partial charge < -0.3 is 20.9 Å². The number of carbonyl (C=O) groups excluding carboxylic acids is 2. The molecule has 0 unspecified atom stereocenters. The number of aryl methyl sites for hydroxylation is 3. The Labute approximate surface area is 179 Å². The minimum Gasteiger partial charge on any atom is -0.374 e. The number of carbonyl (C=O) groups is 2. The largest absolute Gasteiger partial charge is 0.374 e. The summed E-state index contributed by atoms with van der Waals surface area (Å²) >= 11 is 0. The van der Waals surface area contributed by atoms with Crippen molar-refractivity contribution in [3.05, 3.63) is 53.1 Å². The monoisotopic (exact) mass is 408 g/mol. The van der Waals surface area contributed by atoms with E-state index in [0.717, 1.165) is 46.8 Å². The Balaban J connectivity index is 1.49. The van der Waals surface area contributed by atoms with Crippen molar-refractivity contribution in [3.8, 4) is 0 Å². The third-order valence-electron chi connectivity index (χ3n) is 5.43. The van der Waals surface area contributed by atoms with E-state index >= 15 is 0 Å². The Morgan fingerprint density at radius 3 is 2.27 bits per heavy atom. The molecule has 6 heteroatoms. The first kappa shape index (κ1) is 21.7. The predicted molar refractivity (Wildman–Crippen MR) is 123 cm³/mol. The summed E-state index contributed by atoms with van der Waals surface area (Å²) in [5, 5.41) is 8.82. The Kier molecular flexibility index (Phi) is 7.33. The number of benzene rings is 2. The lowest BCUT2D eigenvalue weighted by Gasteiger charge is -2.30. The molecule has 0 aromatic heterocycles. The Bertz CT molecular complexity index is 881. The molecule has 160 valence electrons. The molecular formula is C24H32N4O2. The van der Waals surface area contributed by atoms with Crippen molar-refractivity contribution in [3.63, 3.8) is 0 Å². The van der Waals surface area contributed by atoms with Gasteiger partial charge in [0.25, 0.3) is 0 Å². The lowest BCUT2D eigenvalue weighted by molar-refractivity contribution is -0.122. The molecule has 3 rings (SSSR count). The molecule has 30 heavy (non-hydrogen) atoms. The first-order chi connectivity index (χ1) is 14.4. The Morgan fingerprint density at radius 2 is 1.57 bits per heavy atom. The van der Waals surface area contributed by atoms with Gasteiger partial charge in [-0.15, -0.1) is 0 Å². The average molecular weight is 409 g/mol. The van der Waals surface area contributed by atoms with Crippen molar-refractivity contribution in [2.45, 2.75) is 40.0 Å². The second-order valence-corrected chi connectivity index (χ2v) is 8.02. The fourth-order valence-electron chi connectivity index (χ4n) is 4.01. The molecule has 0 spiro atoms. The number of nitrogens with zero attached hydrogens (tertiary/aromatic N) is 1. The van der Waals surface area contributed by atoms with E-state index < -0.39 is 0 Å². The number of para-hydroxylation sites is 2. The van der Waals surface area contributed by atoms with Crippen LogP contribution in [0.1, 0.15) is 36.0 Å². The van der Waals surface area contributed by atoms with Crippen LogP contribution in [0.3, 0.4) is 0 Å². The summed E-state index contributed by atoms with van der Waals surface area (Å²) in [6.07, 6.45) is 3.67. The van der Waals surface area contributed by atoms with E-state index in [4.69, 9.17) is 0 Å². The summed E-state index contributed by atoms with van der Waals surface area (Å²) in [6, 6.07) is 12.1. The van der Waals surface area contributed by atoms with Gasteiger partial charge in [0.2, 0.25) is 11.8 Å². The lowest BCUT2D eigenvalue weighted by Crippen LogP contribution is -2.37. The zero-order chi connectivity index (χ0) is 21.5. The molecule has 0 saturated carbocycles. The zero-order valence-electron chi connectivity index (χ0n) is 18.2. The molecule has 6 nitrogen and oxygen atoms in total. The third kappa shape index (κ3) is 5.75. The summed E-state index contributed by atoms with van der Waals surface area (Å²) in [7, 11) is 0. The van der Waals surface area contributed by atoms with Gasteiger partial charge in [-0.05, 0) is 63.3 Å². The van der Waals surface area contributed by atoms with Crippen molar-refractivity contribution in [1.29, 1.82) is 0 Å². The predicted octanol–water partition coefficient (Wildman–Crippen LogP) is 3.77. The zero-order valence-corrected chi connectivity index (χ0v) is 18.2. The molecule has 1 fully saturated rings. The van der Waals surface area contributed by atoms with Crippen molar-refractivity contribution in [1.82, 2.24) is 5.32 Å². The summed E-state index contributed by atoms with van der Waals surface area (Å²) in [4.78, 5) is 26.9. The number of hydrogen-bond donors (Lipinski definition) is 3. The number of anilines is 3. The molecule has 2 aromatic rings. The van der Waals surface area contributed by atoms with Crippen LogP contribution in [0.25, 0.3) is 0 Å². The molecule has 1 aliphatic rings. The van der Waals surface area contributed by atoms with Gasteiger partial charge in [-0.3, -0.25) is 9.59 Å². The summed E-state index contributed by atoms with van der Waals surface area (Å²) in [5.74, 6) is -0.442.